The minimum atomic E-state index is -0.428. The van der Waals surface area contributed by atoms with E-state index in [1.807, 2.05) is 24.3 Å². The number of nitrogens with zero attached hydrogens (tertiary/aromatic N) is 1. The molecule has 0 atom stereocenters. The second-order valence-corrected chi connectivity index (χ2v) is 6.57. The highest BCUT2D eigenvalue weighted by Gasteiger charge is 2.02. The molecular weight excluding hydrogens is 362 g/mol. The van der Waals surface area contributed by atoms with Crippen LogP contribution in [0, 0.1) is 0 Å². The van der Waals surface area contributed by atoms with E-state index in [9.17, 15) is 4.79 Å². The number of nitrogens with one attached hydrogen (secondary N) is 2. The van der Waals surface area contributed by atoms with Gasteiger partial charge in [-0.2, -0.15) is 5.10 Å². The number of hydrazone groups is 1. The molecule has 0 radical (unpaired) electrons. The van der Waals surface area contributed by atoms with Gasteiger partial charge < -0.3 is 10.1 Å². The van der Waals surface area contributed by atoms with E-state index in [0.717, 1.165) is 17.7 Å². The number of amides is 2. The Labute approximate surface area is 165 Å². The first-order chi connectivity index (χ1) is 13.2. The Hall–Kier alpha value is -2.53. The maximum absolute atomic E-state index is 11.9. The van der Waals surface area contributed by atoms with Crippen LogP contribution in [0.4, 0.5) is 10.5 Å². The van der Waals surface area contributed by atoms with Crippen LogP contribution in [-0.4, -0.2) is 18.9 Å². The smallest absolute Gasteiger partial charge is 0.339 e. The summed E-state index contributed by atoms with van der Waals surface area (Å²) < 4.78 is 5.85. The van der Waals surface area contributed by atoms with Crippen LogP contribution in [-0.2, 0) is 0 Å². The minimum absolute atomic E-state index is 0.428. The molecule has 2 amide bonds. The van der Waals surface area contributed by atoms with E-state index in [4.69, 9.17) is 16.3 Å². The van der Waals surface area contributed by atoms with E-state index >= 15 is 0 Å². The summed E-state index contributed by atoms with van der Waals surface area (Å²) in [5.41, 5.74) is 3.90. The van der Waals surface area contributed by atoms with Gasteiger partial charge in [0.25, 0.3) is 0 Å². The average molecular weight is 388 g/mol. The van der Waals surface area contributed by atoms with Crippen molar-refractivity contribution in [2.24, 2.45) is 5.10 Å². The Bertz CT molecular complexity index is 732. The fourth-order valence-electron chi connectivity index (χ4n) is 2.46. The summed E-state index contributed by atoms with van der Waals surface area (Å²) in [6.07, 6.45) is 7.54. The van der Waals surface area contributed by atoms with Gasteiger partial charge in [-0.25, -0.2) is 10.2 Å². The number of carbonyl (C=O) groups excluding carboxylic acids is 1. The van der Waals surface area contributed by atoms with E-state index in [0.29, 0.717) is 17.3 Å². The molecule has 2 aromatic rings. The van der Waals surface area contributed by atoms with Crippen molar-refractivity contribution in [2.45, 2.75) is 39.0 Å². The van der Waals surface area contributed by atoms with Crippen LogP contribution >= 0.6 is 11.6 Å². The Morgan fingerprint density at radius 2 is 1.81 bits per heavy atom. The van der Waals surface area contributed by atoms with E-state index in [2.05, 4.69) is 22.8 Å². The van der Waals surface area contributed by atoms with Gasteiger partial charge in [-0.1, -0.05) is 56.3 Å². The number of anilines is 1. The predicted molar refractivity (Wildman–Crippen MR) is 112 cm³/mol. The first-order valence-electron chi connectivity index (χ1n) is 9.26. The third-order valence-corrected chi connectivity index (χ3v) is 4.15. The summed E-state index contributed by atoms with van der Waals surface area (Å²) in [5, 5.41) is 7.28. The quantitative estimate of drug-likeness (QED) is 0.305. The van der Waals surface area contributed by atoms with Crippen LogP contribution in [0.5, 0.6) is 5.75 Å². The number of benzene rings is 2. The Kier molecular flexibility index (Phi) is 9.21. The third-order valence-electron chi connectivity index (χ3n) is 3.90. The zero-order valence-corrected chi connectivity index (χ0v) is 16.3. The summed E-state index contributed by atoms with van der Waals surface area (Å²) in [6.45, 7) is 2.88. The summed E-state index contributed by atoms with van der Waals surface area (Å²) in [6, 6.07) is 14.0. The van der Waals surface area contributed by atoms with Gasteiger partial charge in [0.05, 0.1) is 12.8 Å². The number of rotatable bonds is 10. The van der Waals surface area contributed by atoms with Crippen LogP contribution < -0.4 is 15.5 Å². The molecule has 0 bridgehead atoms. The number of unbranched alkanes of at least 4 members (excludes halogenated alkanes) is 4. The lowest BCUT2D eigenvalue weighted by molar-refractivity contribution is 0.252. The molecule has 0 spiro atoms. The topological polar surface area (TPSA) is 62.7 Å². The number of urea groups is 1. The molecule has 6 heteroatoms. The highest BCUT2D eigenvalue weighted by Crippen LogP contribution is 2.17. The summed E-state index contributed by atoms with van der Waals surface area (Å²) in [5.74, 6) is 0.761. The fraction of sp³-hybridized carbons (Fsp3) is 0.333. The second kappa shape index (κ2) is 12.0. The largest absolute Gasteiger partial charge is 0.493 e. The van der Waals surface area contributed by atoms with E-state index < -0.39 is 6.03 Å². The van der Waals surface area contributed by atoms with Gasteiger partial charge in [0, 0.05) is 16.3 Å². The van der Waals surface area contributed by atoms with Crippen LogP contribution in [0.3, 0.4) is 0 Å². The Morgan fingerprint density at radius 1 is 1.07 bits per heavy atom. The molecule has 0 heterocycles. The molecule has 0 fully saturated rings. The molecule has 2 aromatic carbocycles. The molecule has 0 aliphatic heterocycles. The van der Waals surface area contributed by atoms with Crippen molar-refractivity contribution in [3.63, 3.8) is 0 Å². The molecule has 2 N–H and O–H groups in total. The van der Waals surface area contributed by atoms with Crippen molar-refractivity contribution in [3.05, 3.63) is 59.1 Å². The summed E-state index contributed by atoms with van der Waals surface area (Å²) in [4.78, 5) is 11.9. The molecule has 0 aliphatic carbocycles. The van der Waals surface area contributed by atoms with Gasteiger partial charge in [-0.05, 0) is 42.8 Å². The normalized spacial score (nSPS) is 10.7. The number of halogens is 1. The minimum Gasteiger partial charge on any atom is -0.493 e. The van der Waals surface area contributed by atoms with Crippen molar-refractivity contribution in [2.75, 3.05) is 11.9 Å². The molecular formula is C21H26ClN3O2. The summed E-state index contributed by atoms with van der Waals surface area (Å²) in [7, 11) is 0. The monoisotopic (exact) mass is 387 g/mol. The average Bonchev–Trinajstić information content (AvgIpc) is 2.67. The van der Waals surface area contributed by atoms with E-state index in [1.165, 1.54) is 25.7 Å². The van der Waals surface area contributed by atoms with Gasteiger partial charge in [0.1, 0.15) is 5.75 Å². The van der Waals surface area contributed by atoms with Crippen LogP contribution in [0.1, 0.15) is 44.6 Å². The number of para-hydroxylation sites is 1. The highest BCUT2D eigenvalue weighted by molar-refractivity contribution is 6.30. The van der Waals surface area contributed by atoms with E-state index in [-0.39, 0.29) is 0 Å². The van der Waals surface area contributed by atoms with Crippen LogP contribution in [0.25, 0.3) is 0 Å². The zero-order valence-electron chi connectivity index (χ0n) is 15.6. The highest BCUT2D eigenvalue weighted by atomic mass is 35.5. The lowest BCUT2D eigenvalue weighted by Gasteiger charge is -2.09. The molecule has 27 heavy (non-hydrogen) atoms. The number of ether oxygens (including phenoxy) is 1. The number of carbonyl (C=O) groups is 1. The van der Waals surface area contributed by atoms with Crippen molar-refractivity contribution in [3.8, 4) is 5.75 Å². The summed E-state index contributed by atoms with van der Waals surface area (Å²) >= 11 is 5.82. The molecule has 144 valence electrons. The van der Waals surface area contributed by atoms with Crippen molar-refractivity contribution >= 4 is 29.5 Å². The first-order valence-corrected chi connectivity index (χ1v) is 9.64. The van der Waals surface area contributed by atoms with Gasteiger partial charge in [-0.3, -0.25) is 0 Å². The standard InChI is InChI=1S/C21H26ClN3O2/c1-2-3-4-5-8-15-27-20-10-7-6-9-17(20)16-23-25-21(26)24-19-13-11-18(22)12-14-19/h6-7,9-14,16H,2-5,8,15H2,1H3,(H2,24,25,26)/b23-16-. The van der Waals surface area contributed by atoms with Crippen LogP contribution in [0.2, 0.25) is 5.02 Å². The SMILES string of the molecule is CCCCCCCOc1ccccc1/C=N\NC(=O)Nc1ccc(Cl)cc1. The maximum atomic E-state index is 11.9. The van der Waals surface area contributed by atoms with Gasteiger partial charge in [0.15, 0.2) is 0 Å². The molecule has 5 nitrogen and oxygen atoms in total. The lowest BCUT2D eigenvalue weighted by Crippen LogP contribution is -2.24. The Morgan fingerprint density at radius 3 is 2.59 bits per heavy atom. The third kappa shape index (κ3) is 8.13. The maximum Gasteiger partial charge on any atom is 0.339 e. The zero-order chi connectivity index (χ0) is 19.3. The second-order valence-electron chi connectivity index (χ2n) is 6.13. The predicted octanol–water partition coefficient (Wildman–Crippen LogP) is 5.84. The van der Waals surface area contributed by atoms with Gasteiger partial charge in [-0.15, -0.1) is 0 Å². The molecule has 0 aromatic heterocycles. The molecule has 0 aliphatic rings. The molecule has 2 rings (SSSR count). The van der Waals surface area contributed by atoms with E-state index in [1.54, 1.807) is 30.5 Å². The fourth-order valence-corrected chi connectivity index (χ4v) is 2.59. The van der Waals surface area contributed by atoms with Gasteiger partial charge in [0.2, 0.25) is 0 Å². The van der Waals surface area contributed by atoms with Crippen molar-refractivity contribution in [1.29, 1.82) is 0 Å². The molecule has 0 saturated carbocycles. The lowest BCUT2D eigenvalue weighted by atomic mass is 10.2. The number of hydrogen-bond acceptors (Lipinski definition) is 3. The number of hydrogen-bond donors (Lipinski definition) is 2. The van der Waals surface area contributed by atoms with Crippen LogP contribution in [0.15, 0.2) is 53.6 Å². The van der Waals surface area contributed by atoms with Crippen molar-refractivity contribution in [1.82, 2.24) is 5.43 Å². The first kappa shape index (κ1) is 20.8. The Balaban J connectivity index is 1.80. The van der Waals surface area contributed by atoms with Crippen molar-refractivity contribution < 1.29 is 9.53 Å². The van der Waals surface area contributed by atoms with Gasteiger partial charge >= 0.3 is 6.03 Å². The molecule has 0 saturated heterocycles. The molecule has 0 unspecified atom stereocenters.